The number of nitrogens with zero attached hydrogens (tertiary/aromatic N) is 1. The van der Waals surface area contributed by atoms with Crippen LogP contribution in [-0.2, 0) is 0 Å². The summed E-state index contributed by atoms with van der Waals surface area (Å²) in [5.41, 5.74) is 0.841. The van der Waals surface area contributed by atoms with E-state index in [4.69, 9.17) is 26.5 Å². The van der Waals surface area contributed by atoms with Crippen LogP contribution >= 0.6 is 11.6 Å². The van der Waals surface area contributed by atoms with Crippen LogP contribution in [-0.4, -0.2) is 26.6 Å². The fraction of sp³-hybridized carbons (Fsp3) is 0.462. The normalized spacial score (nSPS) is 15.7. The molecule has 1 aromatic carbocycles. The van der Waals surface area contributed by atoms with Gasteiger partial charge in [0.15, 0.2) is 0 Å². The van der Waals surface area contributed by atoms with Crippen molar-refractivity contribution in [3.05, 3.63) is 17.2 Å². The van der Waals surface area contributed by atoms with Crippen molar-refractivity contribution in [3.8, 4) is 11.5 Å². The van der Waals surface area contributed by atoms with Crippen LogP contribution in [0.2, 0.25) is 5.02 Å². The zero-order chi connectivity index (χ0) is 13.1. The maximum absolute atomic E-state index is 8.02. The van der Waals surface area contributed by atoms with Crippen LogP contribution in [0.25, 0.3) is 0 Å². The Morgan fingerprint density at radius 1 is 1.17 bits per heavy atom. The molecule has 1 aliphatic rings. The van der Waals surface area contributed by atoms with E-state index in [0.29, 0.717) is 22.4 Å². The molecule has 0 atom stereocenters. The first-order chi connectivity index (χ1) is 8.67. The minimum atomic E-state index is 0.534. The first-order valence-corrected chi connectivity index (χ1v) is 6.31. The van der Waals surface area contributed by atoms with E-state index in [9.17, 15) is 0 Å². The van der Waals surface area contributed by atoms with Gasteiger partial charge in [-0.25, -0.2) is 0 Å². The molecule has 5 heteroatoms. The number of ether oxygens (including phenoxy) is 2. The van der Waals surface area contributed by atoms with E-state index in [1.165, 1.54) is 0 Å². The van der Waals surface area contributed by atoms with E-state index in [1.807, 2.05) is 4.90 Å². The first kappa shape index (κ1) is 13.0. The number of halogens is 1. The van der Waals surface area contributed by atoms with Crippen LogP contribution in [0, 0.1) is 5.41 Å². The number of nitrogens with one attached hydrogen (secondary N) is 1. The maximum atomic E-state index is 8.02. The molecule has 98 valence electrons. The predicted octanol–water partition coefficient (Wildman–Crippen LogP) is 3.32. The van der Waals surface area contributed by atoms with Gasteiger partial charge in [0.1, 0.15) is 17.3 Å². The molecule has 1 saturated heterocycles. The van der Waals surface area contributed by atoms with Crippen molar-refractivity contribution in [3.63, 3.8) is 0 Å². The van der Waals surface area contributed by atoms with E-state index in [0.717, 1.165) is 31.5 Å². The fourth-order valence-corrected chi connectivity index (χ4v) is 2.39. The zero-order valence-electron chi connectivity index (χ0n) is 10.6. The highest BCUT2D eigenvalue weighted by molar-refractivity contribution is 6.32. The Labute approximate surface area is 112 Å². The molecule has 1 heterocycles. The largest absolute Gasteiger partial charge is 0.495 e. The average Bonchev–Trinajstić information content (AvgIpc) is 2.39. The number of hydrogen-bond acceptors (Lipinski definition) is 3. The molecule has 1 fully saturated rings. The molecule has 1 N–H and O–H groups in total. The molecule has 0 radical (unpaired) electrons. The molecule has 0 spiro atoms. The van der Waals surface area contributed by atoms with Gasteiger partial charge < -0.3 is 14.4 Å². The van der Waals surface area contributed by atoms with Gasteiger partial charge in [0.2, 0.25) is 0 Å². The van der Waals surface area contributed by atoms with Crippen LogP contribution in [0.4, 0.5) is 5.69 Å². The van der Waals surface area contributed by atoms with Crippen molar-refractivity contribution in [1.82, 2.24) is 0 Å². The molecule has 1 aliphatic heterocycles. The third-order valence-corrected chi connectivity index (χ3v) is 3.41. The lowest BCUT2D eigenvalue weighted by molar-refractivity contribution is 0.394. The molecular weight excluding hydrogens is 252 g/mol. The summed E-state index contributed by atoms with van der Waals surface area (Å²) in [4.78, 5) is 1.95. The van der Waals surface area contributed by atoms with Crippen molar-refractivity contribution < 1.29 is 9.47 Å². The summed E-state index contributed by atoms with van der Waals surface area (Å²) in [5, 5.41) is 8.55. The van der Waals surface area contributed by atoms with Crippen molar-refractivity contribution in [1.29, 1.82) is 5.41 Å². The van der Waals surface area contributed by atoms with Crippen molar-refractivity contribution >= 4 is 23.1 Å². The lowest BCUT2D eigenvalue weighted by atomic mass is 10.1. The number of benzene rings is 1. The second-order valence-electron chi connectivity index (χ2n) is 4.21. The van der Waals surface area contributed by atoms with Crippen LogP contribution < -0.4 is 14.4 Å². The van der Waals surface area contributed by atoms with Crippen molar-refractivity contribution in [2.24, 2.45) is 0 Å². The Morgan fingerprint density at radius 2 is 1.89 bits per heavy atom. The molecule has 0 saturated carbocycles. The molecule has 2 rings (SSSR count). The lowest BCUT2D eigenvalue weighted by Crippen LogP contribution is -2.34. The molecule has 18 heavy (non-hydrogen) atoms. The summed E-state index contributed by atoms with van der Waals surface area (Å²) in [5.74, 6) is 1.88. The summed E-state index contributed by atoms with van der Waals surface area (Å²) < 4.78 is 10.5. The maximum Gasteiger partial charge on any atom is 0.146 e. The zero-order valence-corrected chi connectivity index (χ0v) is 11.4. The number of methoxy groups -OCH3 is 2. The fourth-order valence-electron chi connectivity index (χ4n) is 2.15. The Morgan fingerprint density at radius 3 is 2.50 bits per heavy atom. The van der Waals surface area contributed by atoms with Crippen LogP contribution in [0.15, 0.2) is 12.1 Å². The summed E-state index contributed by atoms with van der Waals surface area (Å²) in [7, 11) is 3.18. The first-order valence-electron chi connectivity index (χ1n) is 5.94. The second kappa shape index (κ2) is 5.48. The summed E-state index contributed by atoms with van der Waals surface area (Å²) in [6.45, 7) is 0.831. The van der Waals surface area contributed by atoms with Gasteiger partial charge in [-0.2, -0.15) is 0 Å². The van der Waals surface area contributed by atoms with E-state index in [1.54, 1.807) is 26.4 Å². The Hall–Kier alpha value is -1.42. The Kier molecular flexibility index (Phi) is 3.97. The highest BCUT2D eigenvalue weighted by Crippen LogP contribution is 2.39. The van der Waals surface area contributed by atoms with Gasteiger partial charge in [-0.1, -0.05) is 11.6 Å². The highest BCUT2D eigenvalue weighted by Gasteiger charge is 2.21. The van der Waals surface area contributed by atoms with Crippen molar-refractivity contribution in [2.75, 3.05) is 25.7 Å². The SMILES string of the molecule is COc1cc(OC)c(N2CCCCC2=N)cc1Cl. The molecule has 0 bridgehead atoms. The van der Waals surface area contributed by atoms with E-state index < -0.39 is 0 Å². The average molecular weight is 269 g/mol. The molecule has 4 nitrogen and oxygen atoms in total. The van der Waals surface area contributed by atoms with Crippen LogP contribution in [0.5, 0.6) is 11.5 Å². The van der Waals surface area contributed by atoms with Gasteiger partial charge in [0, 0.05) is 19.0 Å². The standard InChI is InChI=1S/C13H17ClN2O2/c1-17-11-8-12(18-2)10(7-9(11)14)16-6-4-3-5-13(16)15/h7-8,15H,3-6H2,1-2H3. The van der Waals surface area contributed by atoms with Crippen LogP contribution in [0.3, 0.4) is 0 Å². The van der Waals surface area contributed by atoms with E-state index >= 15 is 0 Å². The topological polar surface area (TPSA) is 45.6 Å². The number of amidine groups is 1. The summed E-state index contributed by atoms with van der Waals surface area (Å²) in [6, 6.07) is 3.57. The third kappa shape index (κ3) is 2.38. The summed E-state index contributed by atoms with van der Waals surface area (Å²) in [6.07, 6.45) is 2.95. The molecule has 0 aromatic heterocycles. The number of piperidine rings is 1. The Balaban J connectivity index is 2.42. The molecule has 0 aliphatic carbocycles. The van der Waals surface area contributed by atoms with E-state index in [2.05, 4.69) is 0 Å². The van der Waals surface area contributed by atoms with Crippen molar-refractivity contribution in [2.45, 2.75) is 19.3 Å². The number of hydrogen-bond donors (Lipinski definition) is 1. The molecule has 1 aromatic rings. The van der Waals surface area contributed by atoms with Gasteiger partial charge in [-0.05, 0) is 18.9 Å². The highest BCUT2D eigenvalue weighted by atomic mass is 35.5. The monoisotopic (exact) mass is 268 g/mol. The second-order valence-corrected chi connectivity index (χ2v) is 4.62. The molecule has 0 unspecified atom stereocenters. The van der Waals surface area contributed by atoms with Crippen LogP contribution in [0.1, 0.15) is 19.3 Å². The Bertz CT molecular complexity index is 463. The lowest BCUT2D eigenvalue weighted by Gasteiger charge is -2.30. The van der Waals surface area contributed by atoms with Gasteiger partial charge in [-0.3, -0.25) is 5.41 Å². The number of rotatable bonds is 3. The van der Waals surface area contributed by atoms with E-state index in [-0.39, 0.29) is 0 Å². The summed E-state index contributed by atoms with van der Waals surface area (Å²) >= 11 is 6.15. The minimum Gasteiger partial charge on any atom is -0.495 e. The third-order valence-electron chi connectivity index (χ3n) is 3.12. The minimum absolute atomic E-state index is 0.534. The smallest absolute Gasteiger partial charge is 0.146 e. The predicted molar refractivity (Wildman–Crippen MR) is 73.5 cm³/mol. The quantitative estimate of drug-likeness (QED) is 0.915. The van der Waals surface area contributed by atoms with Gasteiger partial charge in [0.25, 0.3) is 0 Å². The molecule has 0 amide bonds. The van der Waals surface area contributed by atoms with Gasteiger partial charge >= 0.3 is 0 Å². The number of anilines is 1. The van der Waals surface area contributed by atoms with Gasteiger partial charge in [-0.15, -0.1) is 0 Å². The van der Waals surface area contributed by atoms with Gasteiger partial charge in [0.05, 0.1) is 24.9 Å². The molecular formula is C13H17ClN2O2.